The third-order valence-corrected chi connectivity index (χ3v) is 8.30. The number of hydrogen-bond donors (Lipinski definition) is 0. The van der Waals surface area contributed by atoms with Gasteiger partial charge in [0.15, 0.2) is 5.75 Å². The zero-order valence-electron chi connectivity index (χ0n) is 23.0. The van der Waals surface area contributed by atoms with Crippen molar-refractivity contribution in [3.05, 3.63) is 89.0 Å². The van der Waals surface area contributed by atoms with Crippen molar-refractivity contribution in [3.63, 3.8) is 0 Å². The van der Waals surface area contributed by atoms with E-state index in [1.54, 1.807) is 0 Å². The Morgan fingerprint density at radius 3 is 2.24 bits per heavy atom. The Kier molecular flexibility index (Phi) is 5.28. The summed E-state index contributed by atoms with van der Waals surface area (Å²) in [4.78, 5) is 7.68. The van der Waals surface area contributed by atoms with Crippen LogP contribution in [0.1, 0.15) is 49.9 Å². The minimum Gasteiger partial charge on any atom is -0.459 e. The molecule has 2 heterocycles. The lowest BCUT2D eigenvalue weighted by Crippen LogP contribution is -2.63. The molecular formula is C34H36N2O. The lowest BCUT2D eigenvalue weighted by Gasteiger charge is -2.47. The highest BCUT2D eigenvalue weighted by atomic mass is 16.5. The average Bonchev–Trinajstić information content (AvgIpc) is 3.05. The maximum absolute atomic E-state index is 7.30. The second-order valence-electron chi connectivity index (χ2n) is 11.8. The summed E-state index contributed by atoms with van der Waals surface area (Å²) in [6, 6.07) is 24.0. The second-order valence-corrected chi connectivity index (χ2v) is 11.8. The van der Waals surface area contributed by atoms with Gasteiger partial charge in [-0.25, -0.2) is 0 Å². The molecule has 6 rings (SSSR count). The summed E-state index contributed by atoms with van der Waals surface area (Å²) in [6.07, 6.45) is 2.09. The molecule has 0 N–H and O–H groups in total. The fraction of sp³-hybridized carbons (Fsp3) is 0.324. The molecule has 3 nitrogen and oxygen atoms in total. The normalized spacial score (nSPS) is 19.4. The van der Waals surface area contributed by atoms with Crippen molar-refractivity contribution in [1.29, 1.82) is 0 Å². The van der Waals surface area contributed by atoms with Crippen LogP contribution in [0.2, 0.25) is 0 Å². The van der Waals surface area contributed by atoms with E-state index >= 15 is 0 Å². The van der Waals surface area contributed by atoms with Crippen LogP contribution in [-0.2, 0) is 5.41 Å². The summed E-state index contributed by atoms with van der Waals surface area (Å²) in [5.74, 6) is 1.34. The van der Waals surface area contributed by atoms with Gasteiger partial charge in [-0.15, -0.1) is 0 Å². The zero-order chi connectivity index (χ0) is 26.1. The lowest BCUT2D eigenvalue weighted by atomic mass is 9.75. The summed E-state index contributed by atoms with van der Waals surface area (Å²) in [5.41, 5.74) is 8.78. The third kappa shape index (κ3) is 3.36. The van der Waals surface area contributed by atoms with Crippen molar-refractivity contribution in [2.24, 2.45) is 10.9 Å². The zero-order valence-corrected chi connectivity index (χ0v) is 23.0. The molecule has 1 atom stereocenters. The van der Waals surface area contributed by atoms with Crippen molar-refractivity contribution in [2.45, 2.75) is 59.6 Å². The molecular weight excluding hydrogens is 452 g/mol. The number of anilines is 1. The number of rotatable bonds is 3. The number of aryl methyl sites for hydroxylation is 3. The number of aliphatic imine (C=N–C) groups is 1. The summed E-state index contributed by atoms with van der Waals surface area (Å²) in [5, 5.41) is 2.30. The molecule has 0 amide bonds. The second kappa shape index (κ2) is 8.21. The molecule has 1 unspecified atom stereocenters. The first-order chi connectivity index (χ1) is 17.6. The number of hydrogen-bond acceptors (Lipinski definition) is 3. The van der Waals surface area contributed by atoms with Gasteiger partial charge in [-0.05, 0) is 79.8 Å². The van der Waals surface area contributed by atoms with E-state index in [-0.39, 0.29) is 5.41 Å². The Balaban J connectivity index is 1.59. The molecule has 0 bridgehead atoms. The predicted molar refractivity (Wildman–Crippen MR) is 157 cm³/mol. The van der Waals surface area contributed by atoms with Gasteiger partial charge in [-0.1, -0.05) is 80.1 Å². The van der Waals surface area contributed by atoms with Crippen LogP contribution in [0.4, 0.5) is 11.4 Å². The van der Waals surface area contributed by atoms with E-state index in [0.717, 1.165) is 23.4 Å². The Hall–Kier alpha value is -3.59. The first-order valence-electron chi connectivity index (χ1n) is 13.4. The fourth-order valence-corrected chi connectivity index (χ4v) is 6.47. The van der Waals surface area contributed by atoms with Crippen LogP contribution < -0.4 is 9.64 Å². The number of fused-ring (bicyclic) bond motifs is 4. The van der Waals surface area contributed by atoms with Crippen molar-refractivity contribution in [1.82, 2.24) is 0 Å². The minimum absolute atomic E-state index is 0.300. The Morgan fingerprint density at radius 2 is 1.54 bits per heavy atom. The molecule has 2 aliphatic rings. The van der Waals surface area contributed by atoms with Gasteiger partial charge < -0.3 is 9.64 Å². The smallest absolute Gasteiger partial charge is 0.228 e. The molecule has 0 radical (unpaired) electrons. The maximum Gasteiger partial charge on any atom is 0.228 e. The minimum atomic E-state index is -0.711. The number of nitrogens with zero attached hydrogens (tertiary/aromatic N) is 2. The monoisotopic (exact) mass is 488 g/mol. The first-order valence-corrected chi connectivity index (χ1v) is 13.4. The van der Waals surface area contributed by atoms with E-state index < -0.39 is 5.72 Å². The van der Waals surface area contributed by atoms with Crippen LogP contribution in [-0.4, -0.2) is 18.5 Å². The molecule has 0 saturated carbocycles. The SMILES string of the molecule is Cc1ccc(-c2cc3c(c4ccccc24)OC2(C=N3)N(CC(C)C)c3c(C)ccc(C)c3C2(C)C)cc1. The quantitative estimate of drug-likeness (QED) is 0.288. The average molecular weight is 489 g/mol. The Morgan fingerprint density at radius 1 is 0.865 bits per heavy atom. The van der Waals surface area contributed by atoms with Crippen LogP contribution >= 0.6 is 0 Å². The highest BCUT2D eigenvalue weighted by Crippen LogP contribution is 2.57. The fourth-order valence-electron chi connectivity index (χ4n) is 6.47. The molecule has 4 aromatic rings. The molecule has 0 saturated heterocycles. The van der Waals surface area contributed by atoms with Crippen molar-refractivity contribution < 1.29 is 4.74 Å². The van der Waals surface area contributed by atoms with Gasteiger partial charge in [0.25, 0.3) is 0 Å². The van der Waals surface area contributed by atoms with Crippen molar-refractivity contribution in [3.8, 4) is 16.9 Å². The summed E-state index contributed by atoms with van der Waals surface area (Å²) in [7, 11) is 0. The highest BCUT2D eigenvalue weighted by molar-refractivity contribution is 6.05. The molecule has 0 aliphatic carbocycles. The topological polar surface area (TPSA) is 24.8 Å². The number of ether oxygens (including phenoxy) is 1. The van der Waals surface area contributed by atoms with E-state index in [1.807, 2.05) is 0 Å². The highest BCUT2D eigenvalue weighted by Gasteiger charge is 2.60. The van der Waals surface area contributed by atoms with Gasteiger partial charge in [-0.3, -0.25) is 4.99 Å². The number of benzene rings is 4. The van der Waals surface area contributed by atoms with Gasteiger partial charge in [0.1, 0.15) is 5.69 Å². The Labute approximate surface area is 220 Å². The maximum atomic E-state index is 7.30. The van der Waals surface area contributed by atoms with E-state index in [0.29, 0.717) is 5.92 Å². The summed E-state index contributed by atoms with van der Waals surface area (Å²) < 4.78 is 7.30. The van der Waals surface area contributed by atoms with Gasteiger partial charge in [-0.2, -0.15) is 0 Å². The molecule has 188 valence electrons. The van der Waals surface area contributed by atoms with Crippen LogP contribution in [0.25, 0.3) is 21.9 Å². The van der Waals surface area contributed by atoms with Crippen LogP contribution in [0.15, 0.2) is 71.7 Å². The van der Waals surface area contributed by atoms with Gasteiger partial charge >= 0.3 is 0 Å². The lowest BCUT2D eigenvalue weighted by molar-refractivity contribution is 0.0769. The van der Waals surface area contributed by atoms with E-state index in [4.69, 9.17) is 9.73 Å². The van der Waals surface area contributed by atoms with Gasteiger partial charge in [0.05, 0.1) is 11.6 Å². The summed E-state index contributed by atoms with van der Waals surface area (Å²) in [6.45, 7) is 16.7. The predicted octanol–water partition coefficient (Wildman–Crippen LogP) is 8.68. The van der Waals surface area contributed by atoms with Gasteiger partial charge in [0.2, 0.25) is 5.72 Å². The molecule has 3 heteroatoms. The molecule has 2 aliphatic heterocycles. The molecule has 1 spiro atoms. The van der Waals surface area contributed by atoms with Crippen molar-refractivity contribution >= 4 is 28.4 Å². The molecule has 0 fully saturated rings. The van der Waals surface area contributed by atoms with Crippen molar-refractivity contribution in [2.75, 3.05) is 11.4 Å². The Bertz CT molecular complexity index is 1560. The van der Waals surface area contributed by atoms with Crippen LogP contribution in [0, 0.1) is 26.7 Å². The molecule has 0 aromatic heterocycles. The van der Waals surface area contributed by atoms with E-state index in [1.165, 1.54) is 44.5 Å². The van der Waals surface area contributed by atoms with Crippen LogP contribution in [0.5, 0.6) is 5.75 Å². The molecule has 4 aromatic carbocycles. The summed E-state index contributed by atoms with van der Waals surface area (Å²) >= 11 is 0. The van der Waals surface area contributed by atoms with E-state index in [2.05, 4.69) is 126 Å². The third-order valence-electron chi connectivity index (χ3n) is 8.30. The molecule has 37 heavy (non-hydrogen) atoms. The largest absolute Gasteiger partial charge is 0.459 e. The first kappa shape index (κ1) is 23.8. The van der Waals surface area contributed by atoms with E-state index in [9.17, 15) is 0 Å². The van der Waals surface area contributed by atoms with Crippen LogP contribution in [0.3, 0.4) is 0 Å². The van der Waals surface area contributed by atoms with Gasteiger partial charge in [0, 0.05) is 17.6 Å². The standard InChI is InChI=1S/C34H36N2O/c1-21(2)19-36-31-24(5)15-14-23(4)30(31)33(6,7)34(36)20-35-29-18-28(25-16-12-22(3)13-17-25)26-10-8-9-11-27(26)32(29)37-34/h8-18,20-21H,19H2,1-7H3.